The number of carbonyl (C=O) groups is 2. The summed E-state index contributed by atoms with van der Waals surface area (Å²) in [7, 11) is 0. The maximum absolute atomic E-state index is 12.5. The molecule has 2 rings (SSSR count). The van der Waals surface area contributed by atoms with Crippen molar-refractivity contribution in [2.24, 2.45) is 0 Å². The van der Waals surface area contributed by atoms with E-state index in [0.717, 1.165) is 18.9 Å². The van der Waals surface area contributed by atoms with E-state index in [1.807, 2.05) is 6.92 Å². The van der Waals surface area contributed by atoms with Gasteiger partial charge >= 0.3 is 5.97 Å². The first-order valence-corrected chi connectivity index (χ1v) is 8.48. The molecule has 0 unspecified atom stereocenters. The molecule has 0 saturated carbocycles. The molecule has 4 atom stereocenters. The Labute approximate surface area is 151 Å². The third-order valence-corrected chi connectivity index (χ3v) is 4.13. The first kappa shape index (κ1) is 20.2. The van der Waals surface area contributed by atoms with Crippen molar-refractivity contribution in [2.45, 2.75) is 58.2 Å². The minimum absolute atomic E-state index is 0.184. The SMILES string of the molecule is CCCCO[C@H]1O[C@H](C)[C@@H](O)C(=O)[C@H]1OC(=O)c1c(C)cc(O)cc1O. The normalized spacial score (nSPS) is 25.9. The maximum atomic E-state index is 12.5. The number of ether oxygens (including phenoxy) is 3. The minimum atomic E-state index is -1.46. The number of aromatic hydroxyl groups is 2. The van der Waals surface area contributed by atoms with Gasteiger partial charge in [-0.05, 0) is 31.9 Å². The largest absolute Gasteiger partial charge is 0.508 e. The van der Waals surface area contributed by atoms with Gasteiger partial charge in [-0.15, -0.1) is 0 Å². The molecule has 1 aliphatic heterocycles. The molecule has 0 bridgehead atoms. The lowest BCUT2D eigenvalue weighted by atomic mass is 10.0. The van der Waals surface area contributed by atoms with E-state index >= 15 is 0 Å². The fourth-order valence-corrected chi connectivity index (χ4v) is 2.66. The summed E-state index contributed by atoms with van der Waals surface area (Å²) in [5, 5.41) is 29.3. The molecule has 0 aromatic heterocycles. The molecule has 1 aromatic rings. The summed E-state index contributed by atoms with van der Waals surface area (Å²) in [4.78, 5) is 24.8. The van der Waals surface area contributed by atoms with Crippen LogP contribution in [0, 0.1) is 6.92 Å². The lowest BCUT2D eigenvalue weighted by Gasteiger charge is -2.36. The molecule has 0 spiro atoms. The number of aryl methyl sites for hydroxylation is 1. The molecular weight excluding hydrogens is 344 g/mol. The van der Waals surface area contributed by atoms with E-state index in [2.05, 4.69) is 0 Å². The van der Waals surface area contributed by atoms with Crippen LogP contribution in [-0.2, 0) is 19.0 Å². The highest BCUT2D eigenvalue weighted by molar-refractivity contribution is 5.97. The number of hydrogen-bond acceptors (Lipinski definition) is 8. The maximum Gasteiger partial charge on any atom is 0.343 e. The van der Waals surface area contributed by atoms with Crippen LogP contribution in [0.4, 0.5) is 0 Å². The Kier molecular flexibility index (Phi) is 6.57. The highest BCUT2D eigenvalue weighted by Crippen LogP contribution is 2.29. The molecule has 8 heteroatoms. The van der Waals surface area contributed by atoms with E-state index in [-0.39, 0.29) is 16.9 Å². The molecule has 144 valence electrons. The van der Waals surface area contributed by atoms with Gasteiger partial charge in [0.2, 0.25) is 18.2 Å². The van der Waals surface area contributed by atoms with Gasteiger partial charge in [-0.2, -0.15) is 0 Å². The Balaban J connectivity index is 2.22. The average molecular weight is 368 g/mol. The number of ketones is 1. The van der Waals surface area contributed by atoms with Crippen molar-refractivity contribution in [1.29, 1.82) is 0 Å². The molecule has 1 aromatic carbocycles. The number of aliphatic hydroxyl groups excluding tert-OH is 1. The van der Waals surface area contributed by atoms with Gasteiger partial charge in [0.15, 0.2) is 0 Å². The van der Waals surface area contributed by atoms with Crippen LogP contribution in [0.5, 0.6) is 11.5 Å². The van der Waals surface area contributed by atoms with Gasteiger partial charge in [-0.1, -0.05) is 13.3 Å². The summed E-state index contributed by atoms with van der Waals surface area (Å²) >= 11 is 0. The predicted octanol–water partition coefficient (Wildman–Crippen LogP) is 1.42. The van der Waals surface area contributed by atoms with Crippen LogP contribution in [0.25, 0.3) is 0 Å². The number of rotatable bonds is 6. The van der Waals surface area contributed by atoms with Crippen LogP contribution >= 0.6 is 0 Å². The summed E-state index contributed by atoms with van der Waals surface area (Å²) in [6.07, 6.45) is -3.26. The lowest BCUT2D eigenvalue weighted by molar-refractivity contribution is -0.247. The van der Waals surface area contributed by atoms with Crippen molar-refractivity contribution in [1.82, 2.24) is 0 Å². The zero-order valence-corrected chi connectivity index (χ0v) is 15.0. The fourth-order valence-electron chi connectivity index (χ4n) is 2.66. The number of phenols is 2. The van der Waals surface area contributed by atoms with E-state index in [0.29, 0.717) is 6.61 Å². The van der Waals surface area contributed by atoms with Gasteiger partial charge in [-0.3, -0.25) is 4.79 Å². The zero-order valence-electron chi connectivity index (χ0n) is 15.0. The van der Waals surface area contributed by atoms with E-state index in [1.165, 1.54) is 19.9 Å². The van der Waals surface area contributed by atoms with Gasteiger partial charge in [0.25, 0.3) is 0 Å². The van der Waals surface area contributed by atoms with Gasteiger partial charge in [0.1, 0.15) is 23.2 Å². The third-order valence-electron chi connectivity index (χ3n) is 4.13. The second kappa shape index (κ2) is 8.48. The Bertz CT molecular complexity index is 648. The number of benzene rings is 1. The standard InChI is InChI=1S/C18H24O8/c1-4-5-6-24-18-16(15(22)14(21)10(3)25-18)26-17(23)13-9(2)7-11(19)8-12(13)20/h7-8,10,14,16,18-21H,4-6H2,1-3H3/t10-,14-,16-,18+/m1/s1. The van der Waals surface area contributed by atoms with Gasteiger partial charge in [0.05, 0.1) is 6.10 Å². The molecule has 0 amide bonds. The first-order valence-electron chi connectivity index (χ1n) is 8.48. The van der Waals surface area contributed by atoms with Crippen molar-refractivity contribution >= 4 is 11.8 Å². The van der Waals surface area contributed by atoms with Gasteiger partial charge in [-0.25, -0.2) is 4.79 Å². The minimum Gasteiger partial charge on any atom is -0.508 e. The molecule has 26 heavy (non-hydrogen) atoms. The highest BCUT2D eigenvalue weighted by atomic mass is 16.7. The number of esters is 1. The molecule has 1 aliphatic rings. The van der Waals surface area contributed by atoms with Crippen molar-refractivity contribution in [2.75, 3.05) is 6.61 Å². The van der Waals surface area contributed by atoms with Crippen molar-refractivity contribution < 1.29 is 39.1 Å². The number of hydrogen-bond donors (Lipinski definition) is 3. The zero-order chi connectivity index (χ0) is 19.4. The fraction of sp³-hybridized carbons (Fsp3) is 0.556. The topological polar surface area (TPSA) is 123 Å². The molecule has 1 saturated heterocycles. The molecular formula is C18H24O8. The Morgan fingerprint density at radius 3 is 2.62 bits per heavy atom. The number of unbranched alkanes of at least 4 members (excludes halogenated alkanes) is 1. The Morgan fingerprint density at radius 1 is 1.31 bits per heavy atom. The van der Waals surface area contributed by atoms with E-state index in [4.69, 9.17) is 14.2 Å². The molecule has 8 nitrogen and oxygen atoms in total. The quantitative estimate of drug-likeness (QED) is 0.509. The molecule has 1 fully saturated rings. The predicted molar refractivity (Wildman–Crippen MR) is 89.9 cm³/mol. The van der Waals surface area contributed by atoms with Gasteiger partial charge in [0, 0.05) is 12.7 Å². The number of phenolic OH excluding ortho intramolecular Hbond substituents is 2. The van der Waals surface area contributed by atoms with Crippen LogP contribution in [0.1, 0.15) is 42.6 Å². The number of carbonyl (C=O) groups excluding carboxylic acids is 2. The first-order chi connectivity index (χ1) is 12.3. The lowest BCUT2D eigenvalue weighted by Crippen LogP contribution is -2.56. The van der Waals surface area contributed by atoms with Crippen LogP contribution in [-0.4, -0.2) is 58.3 Å². The van der Waals surface area contributed by atoms with E-state index in [1.54, 1.807) is 0 Å². The number of aliphatic hydroxyl groups is 1. The smallest absolute Gasteiger partial charge is 0.343 e. The Hall–Kier alpha value is -2.16. The van der Waals surface area contributed by atoms with Crippen molar-refractivity contribution in [3.05, 3.63) is 23.3 Å². The Morgan fingerprint density at radius 2 is 2.00 bits per heavy atom. The van der Waals surface area contributed by atoms with Crippen LogP contribution < -0.4 is 0 Å². The molecule has 0 aliphatic carbocycles. The van der Waals surface area contributed by atoms with Crippen LogP contribution in [0.15, 0.2) is 12.1 Å². The number of Topliss-reactive ketones (excluding diaryl/α,β-unsaturated/α-hetero) is 1. The molecule has 3 N–H and O–H groups in total. The van der Waals surface area contributed by atoms with E-state index in [9.17, 15) is 24.9 Å². The van der Waals surface area contributed by atoms with Crippen molar-refractivity contribution in [3.63, 3.8) is 0 Å². The second-order valence-corrected chi connectivity index (χ2v) is 6.26. The average Bonchev–Trinajstić information content (AvgIpc) is 2.55. The summed E-state index contributed by atoms with van der Waals surface area (Å²) in [5.41, 5.74) is 0.0880. The highest BCUT2D eigenvalue weighted by Gasteiger charge is 2.46. The summed E-state index contributed by atoms with van der Waals surface area (Å²) in [6.45, 7) is 5.29. The summed E-state index contributed by atoms with van der Waals surface area (Å²) in [6, 6.07) is 2.27. The second-order valence-electron chi connectivity index (χ2n) is 6.26. The molecule has 0 radical (unpaired) electrons. The van der Waals surface area contributed by atoms with Crippen LogP contribution in [0.3, 0.4) is 0 Å². The van der Waals surface area contributed by atoms with Crippen molar-refractivity contribution in [3.8, 4) is 11.5 Å². The third kappa shape index (κ3) is 4.32. The summed E-state index contributed by atoms with van der Waals surface area (Å²) < 4.78 is 16.2. The van der Waals surface area contributed by atoms with Crippen LogP contribution in [0.2, 0.25) is 0 Å². The van der Waals surface area contributed by atoms with E-state index < -0.39 is 42.1 Å². The van der Waals surface area contributed by atoms with Gasteiger partial charge < -0.3 is 29.5 Å². The monoisotopic (exact) mass is 368 g/mol. The molecule has 1 heterocycles. The summed E-state index contributed by atoms with van der Waals surface area (Å²) in [5.74, 6) is -2.39.